The fraction of sp³-hybridized carbons (Fsp3) is 0.0909. The highest BCUT2D eigenvalue weighted by Crippen LogP contribution is 2.20. The molecule has 1 aromatic carbocycles. The van der Waals surface area contributed by atoms with Gasteiger partial charge in [-0.25, -0.2) is 9.59 Å². The van der Waals surface area contributed by atoms with Gasteiger partial charge < -0.3 is 4.74 Å². The average molecular weight is 227 g/mol. The summed E-state index contributed by atoms with van der Waals surface area (Å²) < 4.78 is 4.44. The zero-order chi connectivity index (χ0) is 12.3. The largest absolute Gasteiger partial charge is 0.386 e. The van der Waals surface area contributed by atoms with Crippen LogP contribution in [-0.2, 0) is 4.74 Å². The van der Waals surface area contributed by atoms with Crippen LogP contribution in [0.1, 0.15) is 26.3 Å². The van der Waals surface area contributed by atoms with E-state index in [1.54, 1.807) is 6.07 Å². The number of nitrogens with zero attached hydrogens (tertiary/aromatic N) is 3. The van der Waals surface area contributed by atoms with E-state index in [1.807, 2.05) is 0 Å². The van der Waals surface area contributed by atoms with Crippen LogP contribution in [0.15, 0.2) is 23.3 Å². The van der Waals surface area contributed by atoms with Crippen LogP contribution in [0.25, 0.3) is 10.4 Å². The van der Waals surface area contributed by atoms with Crippen LogP contribution in [0.2, 0.25) is 0 Å². The highest BCUT2D eigenvalue weighted by molar-refractivity contribution is 6.14. The van der Waals surface area contributed by atoms with E-state index >= 15 is 0 Å². The number of carbonyl (C=O) groups is 2. The van der Waals surface area contributed by atoms with Crippen molar-refractivity contribution >= 4 is 11.9 Å². The van der Waals surface area contributed by atoms with Gasteiger partial charge >= 0.3 is 11.9 Å². The summed E-state index contributed by atoms with van der Waals surface area (Å²) in [5.74, 6) is 4.02. The summed E-state index contributed by atoms with van der Waals surface area (Å²) in [5.41, 5.74) is 9.06. The number of ether oxygens (including phenoxy) is 1. The summed E-state index contributed by atoms with van der Waals surface area (Å²) in [6.07, 6.45) is 0. The first-order valence-corrected chi connectivity index (χ1v) is 4.62. The van der Waals surface area contributed by atoms with Crippen LogP contribution in [-0.4, -0.2) is 18.5 Å². The Balaban J connectivity index is 2.30. The van der Waals surface area contributed by atoms with Crippen molar-refractivity contribution in [3.63, 3.8) is 0 Å². The zero-order valence-electron chi connectivity index (χ0n) is 8.51. The van der Waals surface area contributed by atoms with Crippen molar-refractivity contribution in [1.29, 1.82) is 0 Å². The molecule has 1 aromatic rings. The molecule has 0 radical (unpaired) electrons. The summed E-state index contributed by atoms with van der Waals surface area (Å²) in [7, 11) is 0. The van der Waals surface area contributed by atoms with Crippen molar-refractivity contribution in [1.82, 2.24) is 0 Å². The average Bonchev–Trinajstić information content (AvgIpc) is 2.61. The summed E-state index contributed by atoms with van der Waals surface area (Å²) >= 11 is 0. The van der Waals surface area contributed by atoms with E-state index in [1.165, 1.54) is 12.1 Å². The van der Waals surface area contributed by atoms with Crippen LogP contribution in [0, 0.1) is 11.8 Å². The predicted octanol–water partition coefficient (Wildman–Crippen LogP) is 1.66. The van der Waals surface area contributed by atoms with Gasteiger partial charge in [0.2, 0.25) is 0 Å². The maximum atomic E-state index is 11.2. The van der Waals surface area contributed by atoms with Crippen molar-refractivity contribution in [3.8, 4) is 11.8 Å². The summed E-state index contributed by atoms with van der Waals surface area (Å²) in [6, 6.07) is 4.56. The van der Waals surface area contributed by atoms with Crippen molar-refractivity contribution in [2.24, 2.45) is 5.11 Å². The molecule has 82 valence electrons. The number of cyclic esters (lactones) is 2. The summed E-state index contributed by atoms with van der Waals surface area (Å²) in [4.78, 5) is 24.9. The third-order valence-electron chi connectivity index (χ3n) is 2.09. The molecule has 0 spiro atoms. The van der Waals surface area contributed by atoms with Crippen LogP contribution in [0.5, 0.6) is 0 Å². The van der Waals surface area contributed by atoms with Crippen molar-refractivity contribution in [2.75, 3.05) is 6.54 Å². The van der Waals surface area contributed by atoms with E-state index in [-0.39, 0.29) is 17.7 Å². The molecule has 0 amide bonds. The van der Waals surface area contributed by atoms with Crippen molar-refractivity contribution in [2.45, 2.75) is 0 Å². The second kappa shape index (κ2) is 4.39. The normalized spacial score (nSPS) is 12.0. The molecular weight excluding hydrogens is 222 g/mol. The molecule has 0 N–H and O–H groups in total. The van der Waals surface area contributed by atoms with E-state index in [4.69, 9.17) is 5.53 Å². The lowest BCUT2D eigenvalue weighted by Crippen LogP contribution is -1.96. The second-order valence-electron chi connectivity index (χ2n) is 3.13. The predicted molar refractivity (Wildman–Crippen MR) is 57.1 cm³/mol. The van der Waals surface area contributed by atoms with E-state index in [9.17, 15) is 9.59 Å². The lowest BCUT2D eigenvalue weighted by molar-refractivity contribution is 0.0444. The molecule has 1 heterocycles. The van der Waals surface area contributed by atoms with Gasteiger partial charge in [-0.15, -0.1) is 0 Å². The first-order chi connectivity index (χ1) is 8.22. The first-order valence-electron chi connectivity index (χ1n) is 4.62. The molecule has 0 fully saturated rings. The number of rotatable bonds is 1. The molecular formula is C11H5N3O3. The van der Waals surface area contributed by atoms with Gasteiger partial charge in [0.25, 0.3) is 0 Å². The van der Waals surface area contributed by atoms with Gasteiger partial charge in [0, 0.05) is 10.5 Å². The number of benzene rings is 1. The van der Waals surface area contributed by atoms with Crippen LogP contribution in [0.4, 0.5) is 0 Å². The van der Waals surface area contributed by atoms with Crippen LogP contribution >= 0.6 is 0 Å². The van der Waals surface area contributed by atoms with Crippen molar-refractivity contribution in [3.05, 3.63) is 45.3 Å². The monoisotopic (exact) mass is 227 g/mol. The van der Waals surface area contributed by atoms with E-state index in [0.29, 0.717) is 5.56 Å². The van der Waals surface area contributed by atoms with Gasteiger partial charge in [-0.2, -0.15) is 0 Å². The Morgan fingerprint density at radius 1 is 1.29 bits per heavy atom. The molecule has 0 bridgehead atoms. The highest BCUT2D eigenvalue weighted by Gasteiger charge is 2.29. The lowest BCUT2D eigenvalue weighted by atomic mass is 10.1. The third kappa shape index (κ3) is 2.09. The first kappa shape index (κ1) is 10.7. The minimum Gasteiger partial charge on any atom is -0.386 e. The molecule has 0 unspecified atom stereocenters. The molecule has 2 rings (SSSR count). The number of fused-ring (bicyclic) bond motifs is 1. The van der Waals surface area contributed by atoms with E-state index in [0.717, 1.165) is 0 Å². The van der Waals surface area contributed by atoms with Gasteiger partial charge in [-0.3, -0.25) is 0 Å². The lowest BCUT2D eigenvalue weighted by Gasteiger charge is -1.92. The Morgan fingerprint density at radius 3 is 2.82 bits per heavy atom. The fourth-order valence-corrected chi connectivity index (χ4v) is 1.37. The second-order valence-corrected chi connectivity index (χ2v) is 3.13. The molecule has 1 aliphatic heterocycles. The van der Waals surface area contributed by atoms with Gasteiger partial charge in [0.15, 0.2) is 0 Å². The van der Waals surface area contributed by atoms with Gasteiger partial charge in [0.1, 0.15) is 0 Å². The summed E-state index contributed by atoms with van der Waals surface area (Å²) in [6.45, 7) is 0.0525. The molecule has 0 atom stereocenters. The Bertz CT molecular complexity index is 619. The molecule has 17 heavy (non-hydrogen) atoms. The molecule has 0 saturated heterocycles. The molecule has 6 heteroatoms. The standard InChI is InChI=1S/C11H5N3O3/c12-14-13-5-1-2-7-3-4-8-9(6-7)11(16)17-10(8)15/h3-4,6H,5H2. The third-order valence-corrected chi connectivity index (χ3v) is 2.09. The van der Waals surface area contributed by atoms with Crippen LogP contribution in [0.3, 0.4) is 0 Å². The smallest absolute Gasteiger partial charge is 0.346 e. The van der Waals surface area contributed by atoms with E-state index in [2.05, 4.69) is 26.6 Å². The SMILES string of the molecule is [N-]=[N+]=NCC#Cc1ccc2c(c1)C(=O)OC2=O. The Kier molecular flexibility index (Phi) is 2.77. The van der Waals surface area contributed by atoms with Gasteiger partial charge in [0.05, 0.1) is 17.7 Å². The maximum Gasteiger partial charge on any atom is 0.346 e. The quantitative estimate of drug-likeness (QED) is 0.182. The number of azide groups is 1. The highest BCUT2D eigenvalue weighted by atomic mass is 16.6. The number of hydrogen-bond acceptors (Lipinski definition) is 4. The number of esters is 2. The van der Waals surface area contributed by atoms with Gasteiger partial charge in [-0.05, 0) is 23.7 Å². The minimum atomic E-state index is -0.663. The fourth-order valence-electron chi connectivity index (χ4n) is 1.37. The number of carbonyl (C=O) groups excluding carboxylic acids is 2. The molecule has 0 saturated carbocycles. The zero-order valence-corrected chi connectivity index (χ0v) is 8.51. The van der Waals surface area contributed by atoms with Gasteiger partial charge in [-0.1, -0.05) is 17.0 Å². The Labute approximate surface area is 95.8 Å². The Morgan fingerprint density at radius 2 is 2.06 bits per heavy atom. The minimum absolute atomic E-state index is 0.0525. The Hall–Kier alpha value is -2.77. The molecule has 6 nitrogen and oxygen atoms in total. The van der Waals surface area contributed by atoms with Crippen molar-refractivity contribution < 1.29 is 14.3 Å². The molecule has 1 aliphatic rings. The maximum absolute atomic E-state index is 11.2. The number of hydrogen-bond donors (Lipinski definition) is 0. The molecule has 0 aromatic heterocycles. The van der Waals surface area contributed by atoms with E-state index < -0.39 is 11.9 Å². The van der Waals surface area contributed by atoms with Crippen LogP contribution < -0.4 is 0 Å². The summed E-state index contributed by atoms with van der Waals surface area (Å²) in [5, 5.41) is 3.25. The molecule has 0 aliphatic carbocycles. The topological polar surface area (TPSA) is 92.1 Å².